The summed E-state index contributed by atoms with van der Waals surface area (Å²) in [5, 5.41) is 9.58. The fraction of sp³-hybridized carbons (Fsp3) is 0.250. The number of amides is 1. The summed E-state index contributed by atoms with van der Waals surface area (Å²) in [5.41, 5.74) is 1.30. The van der Waals surface area contributed by atoms with Gasteiger partial charge < -0.3 is 10.0 Å². The van der Waals surface area contributed by atoms with E-state index in [1.165, 1.54) is 0 Å². The fourth-order valence-corrected chi connectivity index (χ4v) is 2.44. The third-order valence-electron chi connectivity index (χ3n) is 3.37. The average Bonchev–Trinajstić information content (AvgIpc) is 2.48. The zero-order valence-corrected chi connectivity index (χ0v) is 13.5. The summed E-state index contributed by atoms with van der Waals surface area (Å²) in [4.78, 5) is 18.5. The lowest BCUT2D eigenvalue weighted by molar-refractivity contribution is 0.0696. The van der Waals surface area contributed by atoms with Crippen molar-refractivity contribution in [1.29, 1.82) is 0 Å². The molecule has 1 aromatic heterocycles. The molecular weight excluding hydrogens is 332 g/mol. The maximum atomic E-state index is 12.6. The number of carbonyl (C=O) groups is 1. The molecular formula is C16H17BrN2O2. The largest absolute Gasteiger partial charge is 0.508 e. The van der Waals surface area contributed by atoms with Crippen LogP contribution in [0.1, 0.15) is 35.9 Å². The molecule has 5 heteroatoms. The molecule has 2 rings (SSSR count). The van der Waals surface area contributed by atoms with E-state index in [4.69, 9.17) is 0 Å². The molecule has 0 saturated carbocycles. The van der Waals surface area contributed by atoms with Crippen molar-refractivity contribution in [3.05, 3.63) is 58.3 Å². The molecule has 2 aromatic rings. The van der Waals surface area contributed by atoms with Crippen molar-refractivity contribution < 1.29 is 9.90 Å². The number of hydrogen-bond donors (Lipinski definition) is 1. The van der Waals surface area contributed by atoms with E-state index in [1.54, 1.807) is 41.4 Å². The van der Waals surface area contributed by atoms with Gasteiger partial charge in [-0.25, -0.2) is 4.98 Å². The van der Waals surface area contributed by atoms with Gasteiger partial charge in [-0.05, 0) is 59.6 Å². The molecule has 110 valence electrons. The second kappa shape index (κ2) is 6.72. The Morgan fingerprint density at radius 1 is 1.38 bits per heavy atom. The number of phenols is 1. The molecule has 1 amide bonds. The number of aromatic hydroxyl groups is 1. The number of rotatable bonds is 4. The van der Waals surface area contributed by atoms with E-state index in [-0.39, 0.29) is 17.7 Å². The maximum absolute atomic E-state index is 12.6. The van der Waals surface area contributed by atoms with E-state index in [1.807, 2.05) is 19.9 Å². The first kappa shape index (κ1) is 15.5. The van der Waals surface area contributed by atoms with Gasteiger partial charge in [-0.15, -0.1) is 0 Å². The lowest BCUT2D eigenvalue weighted by atomic mass is 10.1. The summed E-state index contributed by atoms with van der Waals surface area (Å²) in [5.74, 6) is 0.0745. The number of hydrogen-bond acceptors (Lipinski definition) is 3. The first-order valence-corrected chi connectivity index (χ1v) is 7.53. The third-order valence-corrected chi connectivity index (χ3v) is 3.84. The number of aromatic nitrogens is 1. The van der Waals surface area contributed by atoms with Crippen LogP contribution in [0.5, 0.6) is 5.75 Å². The van der Waals surface area contributed by atoms with Crippen LogP contribution in [0.2, 0.25) is 0 Å². The second-order valence-electron chi connectivity index (χ2n) is 4.72. The Bertz CT molecular complexity index is 628. The quantitative estimate of drug-likeness (QED) is 0.914. The average molecular weight is 349 g/mol. The van der Waals surface area contributed by atoms with Gasteiger partial charge in [0.25, 0.3) is 5.91 Å². The van der Waals surface area contributed by atoms with Gasteiger partial charge in [0, 0.05) is 17.2 Å². The number of nitrogens with zero attached hydrogens (tertiary/aromatic N) is 2. The molecule has 4 nitrogen and oxygen atoms in total. The number of halogens is 1. The van der Waals surface area contributed by atoms with Crippen molar-refractivity contribution in [1.82, 2.24) is 9.88 Å². The van der Waals surface area contributed by atoms with Crippen LogP contribution in [-0.2, 0) is 0 Å². The highest BCUT2D eigenvalue weighted by molar-refractivity contribution is 9.10. The van der Waals surface area contributed by atoms with Gasteiger partial charge in [0.05, 0.1) is 6.04 Å². The summed E-state index contributed by atoms with van der Waals surface area (Å²) >= 11 is 3.31. The molecule has 0 radical (unpaired) electrons. The summed E-state index contributed by atoms with van der Waals surface area (Å²) in [6.07, 6.45) is 1.61. The van der Waals surface area contributed by atoms with E-state index < -0.39 is 0 Å². The first-order chi connectivity index (χ1) is 10.0. The van der Waals surface area contributed by atoms with Crippen LogP contribution in [0.25, 0.3) is 0 Å². The van der Waals surface area contributed by atoms with Crippen LogP contribution >= 0.6 is 15.9 Å². The molecule has 0 fully saturated rings. The Kier molecular flexibility index (Phi) is 4.96. The molecule has 0 aliphatic heterocycles. The Balaban J connectivity index is 2.26. The van der Waals surface area contributed by atoms with Gasteiger partial charge in [-0.1, -0.05) is 12.1 Å². The fourth-order valence-electron chi connectivity index (χ4n) is 2.21. The lowest BCUT2D eigenvalue weighted by Gasteiger charge is -2.28. The van der Waals surface area contributed by atoms with Crippen LogP contribution in [0.4, 0.5) is 0 Å². The molecule has 1 atom stereocenters. The Morgan fingerprint density at radius 2 is 2.14 bits per heavy atom. The topological polar surface area (TPSA) is 53.4 Å². The van der Waals surface area contributed by atoms with Gasteiger partial charge in [0.15, 0.2) is 0 Å². The van der Waals surface area contributed by atoms with Crippen molar-refractivity contribution in [2.24, 2.45) is 0 Å². The Hall–Kier alpha value is -1.88. The molecule has 1 unspecified atom stereocenters. The standard InChI is InChI=1S/C16H17BrN2O2/c1-3-19(11(2)12-5-4-6-14(20)9-12)16(21)15-8-7-13(17)10-18-15/h4-11,20H,3H2,1-2H3. The minimum atomic E-state index is -0.139. The zero-order valence-electron chi connectivity index (χ0n) is 12.0. The third kappa shape index (κ3) is 3.61. The molecule has 0 aliphatic rings. The second-order valence-corrected chi connectivity index (χ2v) is 5.64. The minimum absolute atomic E-state index is 0.124. The maximum Gasteiger partial charge on any atom is 0.272 e. The van der Waals surface area contributed by atoms with Crippen molar-refractivity contribution in [3.8, 4) is 5.75 Å². The molecule has 21 heavy (non-hydrogen) atoms. The van der Waals surface area contributed by atoms with Crippen molar-refractivity contribution in [2.45, 2.75) is 19.9 Å². The summed E-state index contributed by atoms with van der Waals surface area (Å²) in [6, 6.07) is 10.3. The highest BCUT2D eigenvalue weighted by atomic mass is 79.9. The Morgan fingerprint density at radius 3 is 2.71 bits per heavy atom. The van der Waals surface area contributed by atoms with Crippen LogP contribution in [0.15, 0.2) is 47.1 Å². The molecule has 0 saturated heterocycles. The van der Waals surface area contributed by atoms with Crippen LogP contribution in [0, 0.1) is 0 Å². The number of phenolic OH excluding ortho intramolecular Hbond substituents is 1. The summed E-state index contributed by atoms with van der Waals surface area (Å²) in [7, 11) is 0. The van der Waals surface area contributed by atoms with E-state index in [0.717, 1.165) is 10.0 Å². The lowest BCUT2D eigenvalue weighted by Crippen LogP contribution is -2.33. The van der Waals surface area contributed by atoms with Gasteiger partial charge >= 0.3 is 0 Å². The van der Waals surface area contributed by atoms with E-state index in [0.29, 0.717) is 12.2 Å². The summed E-state index contributed by atoms with van der Waals surface area (Å²) in [6.45, 7) is 4.43. The first-order valence-electron chi connectivity index (χ1n) is 6.74. The molecule has 0 bridgehead atoms. The van der Waals surface area contributed by atoms with Crippen LogP contribution < -0.4 is 0 Å². The number of pyridine rings is 1. The van der Waals surface area contributed by atoms with Gasteiger partial charge in [-0.3, -0.25) is 4.79 Å². The highest BCUT2D eigenvalue weighted by Crippen LogP contribution is 2.24. The smallest absolute Gasteiger partial charge is 0.272 e. The SMILES string of the molecule is CCN(C(=O)c1ccc(Br)cn1)C(C)c1cccc(O)c1. The van der Waals surface area contributed by atoms with E-state index >= 15 is 0 Å². The van der Waals surface area contributed by atoms with Crippen molar-refractivity contribution in [2.75, 3.05) is 6.54 Å². The highest BCUT2D eigenvalue weighted by Gasteiger charge is 2.22. The van der Waals surface area contributed by atoms with Gasteiger partial charge in [-0.2, -0.15) is 0 Å². The van der Waals surface area contributed by atoms with E-state index in [2.05, 4.69) is 20.9 Å². The molecule has 1 aromatic carbocycles. The zero-order chi connectivity index (χ0) is 15.4. The van der Waals surface area contributed by atoms with Gasteiger partial charge in [0.2, 0.25) is 0 Å². The van der Waals surface area contributed by atoms with Crippen LogP contribution in [0.3, 0.4) is 0 Å². The predicted molar refractivity (Wildman–Crippen MR) is 85.2 cm³/mol. The number of carbonyl (C=O) groups excluding carboxylic acids is 1. The molecule has 1 N–H and O–H groups in total. The van der Waals surface area contributed by atoms with Crippen molar-refractivity contribution >= 4 is 21.8 Å². The Labute approximate surface area is 132 Å². The minimum Gasteiger partial charge on any atom is -0.508 e. The van der Waals surface area contributed by atoms with E-state index in [9.17, 15) is 9.90 Å². The van der Waals surface area contributed by atoms with Gasteiger partial charge in [0.1, 0.15) is 11.4 Å². The molecule has 1 heterocycles. The summed E-state index contributed by atoms with van der Waals surface area (Å²) < 4.78 is 0.836. The predicted octanol–water partition coefficient (Wildman–Crippen LogP) is 3.77. The molecule has 0 spiro atoms. The normalized spacial score (nSPS) is 12.0. The van der Waals surface area contributed by atoms with Crippen molar-refractivity contribution in [3.63, 3.8) is 0 Å². The molecule has 0 aliphatic carbocycles. The monoisotopic (exact) mass is 348 g/mol. The number of benzene rings is 1. The van der Waals surface area contributed by atoms with Crippen LogP contribution in [-0.4, -0.2) is 27.4 Å².